The van der Waals surface area contributed by atoms with Gasteiger partial charge in [0.25, 0.3) is 0 Å². The van der Waals surface area contributed by atoms with Crippen molar-refractivity contribution < 1.29 is 9.47 Å². The molecule has 0 bridgehead atoms. The maximum atomic E-state index is 6.16. The zero-order valence-electron chi connectivity index (χ0n) is 15.4. The van der Waals surface area contributed by atoms with E-state index in [-0.39, 0.29) is 6.04 Å². The Balaban J connectivity index is 1.70. The second-order valence-electron chi connectivity index (χ2n) is 6.28. The summed E-state index contributed by atoms with van der Waals surface area (Å²) in [6.07, 6.45) is 0. The van der Waals surface area contributed by atoms with Gasteiger partial charge >= 0.3 is 0 Å². The van der Waals surface area contributed by atoms with Crippen molar-refractivity contribution in [3.8, 4) is 5.75 Å². The molecule has 1 fully saturated rings. The molecule has 7 heteroatoms. The third-order valence-corrected chi connectivity index (χ3v) is 4.82. The molecule has 0 aromatic heterocycles. The van der Waals surface area contributed by atoms with Crippen LogP contribution in [0.2, 0.25) is 5.02 Å². The Kier molecular flexibility index (Phi) is 6.92. The normalized spacial score (nSPS) is 16.7. The van der Waals surface area contributed by atoms with Gasteiger partial charge in [-0.2, -0.15) is 0 Å². The monoisotopic (exact) mass is 388 g/mol. The van der Waals surface area contributed by atoms with Gasteiger partial charge in [0.15, 0.2) is 5.96 Å². The molecule has 1 aliphatic rings. The lowest BCUT2D eigenvalue weighted by Crippen LogP contribution is -2.40. The Labute approximate surface area is 164 Å². The number of guanidine groups is 1. The summed E-state index contributed by atoms with van der Waals surface area (Å²) in [6.45, 7) is 3.82. The van der Waals surface area contributed by atoms with Crippen molar-refractivity contribution in [1.82, 2.24) is 4.90 Å². The number of aliphatic imine (C=N–C) groups is 1. The predicted octanol–water partition coefficient (Wildman–Crippen LogP) is 3.15. The third-order valence-electron chi connectivity index (χ3n) is 4.53. The van der Waals surface area contributed by atoms with Gasteiger partial charge in [-0.3, -0.25) is 9.89 Å². The standard InChI is InChI=1S/C20H25ClN4O2/c1-26-19-8-7-16(13-17(19)21)24-20(22)23-14-18(15-5-3-2-4-6-15)25-9-11-27-12-10-25/h2-8,13,18H,9-12,14H2,1H3,(H3,22,23,24). The Morgan fingerprint density at radius 3 is 2.67 bits per heavy atom. The molecule has 1 atom stereocenters. The molecule has 0 spiro atoms. The molecule has 2 aromatic rings. The number of nitrogens with zero attached hydrogens (tertiary/aromatic N) is 2. The van der Waals surface area contributed by atoms with Crippen LogP contribution < -0.4 is 15.8 Å². The van der Waals surface area contributed by atoms with E-state index in [0.717, 1.165) is 32.0 Å². The molecule has 144 valence electrons. The lowest BCUT2D eigenvalue weighted by atomic mass is 10.1. The van der Waals surface area contributed by atoms with Crippen LogP contribution in [0, 0.1) is 0 Å². The molecular weight excluding hydrogens is 364 g/mol. The fourth-order valence-corrected chi connectivity index (χ4v) is 3.37. The molecule has 6 nitrogen and oxygen atoms in total. The van der Waals surface area contributed by atoms with Crippen LogP contribution in [-0.2, 0) is 4.74 Å². The molecule has 3 N–H and O–H groups in total. The molecule has 1 unspecified atom stereocenters. The molecule has 0 amide bonds. The minimum Gasteiger partial charge on any atom is -0.495 e. The first-order valence-corrected chi connectivity index (χ1v) is 9.32. The van der Waals surface area contributed by atoms with Crippen LogP contribution in [0.3, 0.4) is 0 Å². The highest BCUT2D eigenvalue weighted by atomic mass is 35.5. The molecule has 27 heavy (non-hydrogen) atoms. The van der Waals surface area contributed by atoms with E-state index in [0.29, 0.717) is 23.3 Å². The molecule has 1 aliphatic heterocycles. The molecule has 0 radical (unpaired) electrons. The van der Waals surface area contributed by atoms with Crippen LogP contribution in [-0.4, -0.2) is 50.8 Å². The van der Waals surface area contributed by atoms with E-state index in [9.17, 15) is 0 Å². The van der Waals surface area contributed by atoms with Gasteiger partial charge < -0.3 is 20.5 Å². The summed E-state index contributed by atoms with van der Waals surface area (Å²) in [5.41, 5.74) is 8.10. The van der Waals surface area contributed by atoms with Gasteiger partial charge in [-0.15, -0.1) is 0 Å². The number of nitrogens with two attached hydrogens (primary N) is 1. The number of halogens is 1. The number of benzene rings is 2. The highest BCUT2D eigenvalue weighted by Gasteiger charge is 2.22. The van der Waals surface area contributed by atoms with E-state index in [2.05, 4.69) is 27.3 Å². The fraction of sp³-hybridized carbons (Fsp3) is 0.350. The third kappa shape index (κ3) is 5.35. The topological polar surface area (TPSA) is 72.1 Å². The first-order chi connectivity index (χ1) is 13.2. The molecular formula is C20H25ClN4O2. The molecule has 0 saturated carbocycles. The van der Waals surface area contributed by atoms with Crippen LogP contribution in [0.25, 0.3) is 0 Å². The highest BCUT2D eigenvalue weighted by Crippen LogP contribution is 2.27. The first-order valence-electron chi connectivity index (χ1n) is 8.94. The Morgan fingerprint density at radius 1 is 1.26 bits per heavy atom. The lowest BCUT2D eigenvalue weighted by molar-refractivity contribution is 0.0180. The molecule has 1 saturated heterocycles. The van der Waals surface area contributed by atoms with E-state index < -0.39 is 0 Å². The van der Waals surface area contributed by atoms with Crippen molar-refractivity contribution in [2.75, 3.05) is 45.3 Å². The van der Waals surface area contributed by atoms with Crippen molar-refractivity contribution in [1.29, 1.82) is 0 Å². The van der Waals surface area contributed by atoms with Crippen LogP contribution in [0.15, 0.2) is 53.5 Å². The fourth-order valence-electron chi connectivity index (χ4n) is 3.11. The Bertz CT molecular complexity index is 764. The highest BCUT2D eigenvalue weighted by molar-refractivity contribution is 6.32. The van der Waals surface area contributed by atoms with Gasteiger partial charge in [0.2, 0.25) is 0 Å². The number of hydrogen-bond acceptors (Lipinski definition) is 4. The number of methoxy groups -OCH3 is 1. The van der Waals surface area contributed by atoms with Gasteiger partial charge in [-0.25, -0.2) is 0 Å². The van der Waals surface area contributed by atoms with E-state index in [4.69, 9.17) is 26.8 Å². The average Bonchev–Trinajstić information content (AvgIpc) is 2.70. The van der Waals surface area contributed by atoms with Crippen LogP contribution in [0.5, 0.6) is 5.75 Å². The average molecular weight is 389 g/mol. The summed E-state index contributed by atoms with van der Waals surface area (Å²) in [6, 6.07) is 15.9. The van der Waals surface area contributed by atoms with E-state index in [1.165, 1.54) is 5.56 Å². The second kappa shape index (κ2) is 9.60. The van der Waals surface area contributed by atoms with Crippen molar-refractivity contribution in [2.24, 2.45) is 10.7 Å². The summed E-state index contributed by atoms with van der Waals surface area (Å²) in [4.78, 5) is 6.96. The minimum absolute atomic E-state index is 0.162. The number of nitrogens with one attached hydrogen (secondary N) is 1. The zero-order chi connectivity index (χ0) is 19.1. The maximum Gasteiger partial charge on any atom is 0.193 e. The van der Waals surface area contributed by atoms with Crippen molar-refractivity contribution in [3.63, 3.8) is 0 Å². The molecule has 2 aromatic carbocycles. The van der Waals surface area contributed by atoms with Crippen molar-refractivity contribution in [2.45, 2.75) is 6.04 Å². The van der Waals surface area contributed by atoms with E-state index in [1.807, 2.05) is 24.3 Å². The summed E-state index contributed by atoms with van der Waals surface area (Å²) < 4.78 is 10.6. The van der Waals surface area contributed by atoms with E-state index >= 15 is 0 Å². The zero-order valence-corrected chi connectivity index (χ0v) is 16.2. The largest absolute Gasteiger partial charge is 0.495 e. The van der Waals surface area contributed by atoms with Crippen LogP contribution in [0.1, 0.15) is 11.6 Å². The SMILES string of the molecule is COc1ccc(NC(N)=NCC(c2ccccc2)N2CCOCC2)cc1Cl. The summed E-state index contributed by atoms with van der Waals surface area (Å²) in [7, 11) is 1.58. The molecule has 3 rings (SSSR count). The van der Waals surface area contributed by atoms with Gasteiger partial charge in [0, 0.05) is 18.8 Å². The number of morpholine rings is 1. The van der Waals surface area contributed by atoms with Crippen molar-refractivity contribution in [3.05, 3.63) is 59.1 Å². The van der Waals surface area contributed by atoms with Gasteiger partial charge in [-0.1, -0.05) is 41.9 Å². The van der Waals surface area contributed by atoms with Gasteiger partial charge in [0.1, 0.15) is 5.75 Å². The Morgan fingerprint density at radius 2 is 2.00 bits per heavy atom. The predicted molar refractivity (Wildman–Crippen MR) is 110 cm³/mol. The minimum atomic E-state index is 0.162. The molecule has 1 heterocycles. The second-order valence-corrected chi connectivity index (χ2v) is 6.68. The first kappa shape index (κ1) is 19.5. The van der Waals surface area contributed by atoms with Gasteiger partial charge in [-0.05, 0) is 23.8 Å². The quantitative estimate of drug-likeness (QED) is 0.587. The van der Waals surface area contributed by atoms with Crippen LogP contribution >= 0.6 is 11.6 Å². The van der Waals surface area contributed by atoms with Crippen LogP contribution in [0.4, 0.5) is 5.69 Å². The number of hydrogen-bond donors (Lipinski definition) is 2. The van der Waals surface area contributed by atoms with E-state index in [1.54, 1.807) is 19.2 Å². The van der Waals surface area contributed by atoms with Crippen molar-refractivity contribution >= 4 is 23.2 Å². The van der Waals surface area contributed by atoms with Gasteiger partial charge in [0.05, 0.1) is 37.9 Å². The smallest absolute Gasteiger partial charge is 0.193 e. The Hall–Kier alpha value is -2.28. The summed E-state index contributed by atoms with van der Waals surface area (Å²) >= 11 is 6.16. The number of rotatable bonds is 6. The lowest BCUT2D eigenvalue weighted by Gasteiger charge is -2.34. The molecule has 0 aliphatic carbocycles. The summed E-state index contributed by atoms with van der Waals surface area (Å²) in [5, 5.41) is 3.61. The maximum absolute atomic E-state index is 6.16. The summed E-state index contributed by atoms with van der Waals surface area (Å²) in [5.74, 6) is 0.972. The number of anilines is 1. The number of ether oxygens (including phenoxy) is 2.